The van der Waals surface area contributed by atoms with E-state index in [-0.39, 0.29) is 0 Å². The summed E-state index contributed by atoms with van der Waals surface area (Å²) in [6, 6.07) is 5.64. The van der Waals surface area contributed by atoms with Crippen LogP contribution in [0.2, 0.25) is 0 Å². The van der Waals surface area contributed by atoms with Gasteiger partial charge in [0.15, 0.2) is 0 Å². The molecule has 1 aromatic rings. The van der Waals surface area contributed by atoms with Gasteiger partial charge < -0.3 is 0 Å². The van der Waals surface area contributed by atoms with E-state index in [1.165, 1.54) is 12.1 Å². The van der Waals surface area contributed by atoms with Gasteiger partial charge in [0.05, 0.1) is 11.5 Å². The summed E-state index contributed by atoms with van der Waals surface area (Å²) in [5.41, 5.74) is -0.202. The normalized spacial score (nSPS) is 27.6. The number of rotatable bonds is 2. The molecule has 1 aromatic carbocycles. The van der Waals surface area contributed by atoms with Crippen molar-refractivity contribution in [1.29, 1.82) is 5.26 Å². The summed E-state index contributed by atoms with van der Waals surface area (Å²) >= 11 is 0. The smallest absolute Gasteiger partial charge is 0.126 e. The fraction of sp³-hybridized carbons (Fsp3) is 0.500. The molecule has 0 radical (unpaired) electrons. The second-order valence-electron chi connectivity index (χ2n) is 5.26. The van der Waals surface area contributed by atoms with Crippen LogP contribution >= 0.6 is 0 Å². The Labute approximate surface area is 100 Å². The number of benzene rings is 1. The van der Waals surface area contributed by atoms with Crippen molar-refractivity contribution in [2.24, 2.45) is 11.8 Å². The van der Waals surface area contributed by atoms with Crippen LogP contribution in [0, 0.1) is 34.8 Å². The lowest BCUT2D eigenvalue weighted by Gasteiger charge is -2.45. The van der Waals surface area contributed by atoms with Gasteiger partial charge in [-0.05, 0) is 42.4 Å². The van der Waals surface area contributed by atoms with Crippen LogP contribution in [0.3, 0.4) is 0 Å². The van der Waals surface area contributed by atoms with Crippen LogP contribution in [-0.4, -0.2) is 0 Å². The SMILES string of the molecule is CC(C)[C@H]1C[C@](C#N)(c2cc(F)cc(F)c2)C1. The van der Waals surface area contributed by atoms with Crippen molar-refractivity contribution in [2.75, 3.05) is 0 Å². The van der Waals surface area contributed by atoms with Crippen molar-refractivity contribution in [2.45, 2.75) is 32.1 Å². The topological polar surface area (TPSA) is 23.8 Å². The molecule has 17 heavy (non-hydrogen) atoms. The molecule has 1 nitrogen and oxygen atoms in total. The molecule has 0 saturated heterocycles. The summed E-state index contributed by atoms with van der Waals surface area (Å²) < 4.78 is 26.3. The summed E-state index contributed by atoms with van der Waals surface area (Å²) in [6.07, 6.45) is 1.40. The Balaban J connectivity index is 2.30. The zero-order valence-corrected chi connectivity index (χ0v) is 10.0. The first-order chi connectivity index (χ1) is 7.97. The van der Waals surface area contributed by atoms with Crippen molar-refractivity contribution in [3.63, 3.8) is 0 Å². The minimum Gasteiger partial charge on any atom is -0.207 e. The second kappa shape index (κ2) is 4.10. The van der Waals surface area contributed by atoms with Crippen molar-refractivity contribution in [1.82, 2.24) is 0 Å². The van der Waals surface area contributed by atoms with Crippen LogP contribution in [0.4, 0.5) is 8.78 Å². The van der Waals surface area contributed by atoms with Gasteiger partial charge in [0.2, 0.25) is 0 Å². The van der Waals surface area contributed by atoms with Gasteiger partial charge in [-0.2, -0.15) is 5.26 Å². The molecule has 2 rings (SSSR count). The Morgan fingerprint density at radius 2 is 1.76 bits per heavy atom. The van der Waals surface area contributed by atoms with E-state index >= 15 is 0 Å². The van der Waals surface area contributed by atoms with E-state index < -0.39 is 17.0 Å². The molecule has 0 aromatic heterocycles. The molecule has 0 aliphatic heterocycles. The van der Waals surface area contributed by atoms with E-state index in [4.69, 9.17) is 0 Å². The summed E-state index contributed by atoms with van der Waals surface area (Å²) in [5, 5.41) is 9.28. The van der Waals surface area contributed by atoms with Crippen LogP contribution < -0.4 is 0 Å². The molecular weight excluding hydrogens is 220 g/mol. The minimum absolute atomic E-state index is 0.473. The van der Waals surface area contributed by atoms with Crippen LogP contribution in [-0.2, 0) is 5.41 Å². The lowest BCUT2D eigenvalue weighted by molar-refractivity contribution is 0.144. The van der Waals surface area contributed by atoms with Gasteiger partial charge in [0.1, 0.15) is 11.6 Å². The largest absolute Gasteiger partial charge is 0.207 e. The van der Waals surface area contributed by atoms with Gasteiger partial charge >= 0.3 is 0 Å². The highest BCUT2D eigenvalue weighted by Gasteiger charge is 2.47. The Morgan fingerprint density at radius 3 is 2.18 bits per heavy atom. The number of hydrogen-bond acceptors (Lipinski definition) is 1. The maximum absolute atomic E-state index is 13.2. The van der Waals surface area contributed by atoms with Crippen LogP contribution in [0.15, 0.2) is 18.2 Å². The number of nitrogens with zero attached hydrogens (tertiary/aromatic N) is 1. The summed E-state index contributed by atoms with van der Waals surface area (Å²) in [4.78, 5) is 0. The number of nitriles is 1. The molecule has 0 bridgehead atoms. The Morgan fingerprint density at radius 1 is 1.24 bits per heavy atom. The predicted molar refractivity (Wildman–Crippen MR) is 61.2 cm³/mol. The fourth-order valence-corrected chi connectivity index (χ4v) is 2.53. The summed E-state index contributed by atoms with van der Waals surface area (Å²) in [5.74, 6) is -0.235. The molecule has 1 fully saturated rings. The average Bonchev–Trinajstić information content (AvgIpc) is 2.14. The molecule has 0 amide bonds. The monoisotopic (exact) mass is 235 g/mol. The van der Waals surface area contributed by atoms with Gasteiger partial charge in [-0.15, -0.1) is 0 Å². The highest BCUT2D eigenvalue weighted by molar-refractivity contribution is 5.36. The molecule has 0 heterocycles. The minimum atomic E-state index is -0.683. The van der Waals surface area contributed by atoms with Gasteiger partial charge in [-0.1, -0.05) is 13.8 Å². The average molecular weight is 235 g/mol. The molecular formula is C14H15F2N. The van der Waals surface area contributed by atoms with E-state index in [1.807, 2.05) is 0 Å². The molecule has 1 aliphatic rings. The van der Waals surface area contributed by atoms with E-state index in [9.17, 15) is 14.0 Å². The number of hydrogen-bond donors (Lipinski definition) is 0. The molecule has 0 unspecified atom stereocenters. The quantitative estimate of drug-likeness (QED) is 0.765. The van der Waals surface area contributed by atoms with Crippen molar-refractivity contribution in [3.8, 4) is 6.07 Å². The molecule has 0 spiro atoms. The molecule has 90 valence electrons. The third-order valence-electron chi connectivity index (χ3n) is 3.79. The number of halogens is 2. The van der Waals surface area contributed by atoms with E-state index in [0.29, 0.717) is 30.2 Å². The van der Waals surface area contributed by atoms with Gasteiger partial charge in [0, 0.05) is 6.07 Å². The van der Waals surface area contributed by atoms with Gasteiger partial charge in [0.25, 0.3) is 0 Å². The zero-order chi connectivity index (χ0) is 12.6. The van der Waals surface area contributed by atoms with Crippen molar-refractivity contribution >= 4 is 0 Å². The lowest BCUT2D eigenvalue weighted by atomic mass is 9.56. The predicted octanol–water partition coefficient (Wildman–Crippen LogP) is 3.79. The van der Waals surface area contributed by atoms with E-state index in [1.54, 1.807) is 0 Å². The molecule has 0 atom stereocenters. The maximum Gasteiger partial charge on any atom is 0.126 e. The molecule has 0 N–H and O–H groups in total. The third-order valence-corrected chi connectivity index (χ3v) is 3.79. The second-order valence-corrected chi connectivity index (χ2v) is 5.26. The highest BCUT2D eigenvalue weighted by atomic mass is 19.1. The lowest BCUT2D eigenvalue weighted by Crippen LogP contribution is -2.42. The van der Waals surface area contributed by atoms with Crippen molar-refractivity contribution < 1.29 is 8.78 Å². The van der Waals surface area contributed by atoms with Crippen LogP contribution in [0.5, 0.6) is 0 Å². The standard InChI is InChI=1S/C14H15F2N/c1-9(2)10-6-14(7-10,8-17)11-3-12(15)5-13(16)4-11/h3-5,9-10H,6-7H2,1-2H3/t10-,14-. The van der Waals surface area contributed by atoms with E-state index in [2.05, 4.69) is 19.9 Å². The summed E-state index contributed by atoms with van der Waals surface area (Å²) in [6.45, 7) is 4.22. The fourth-order valence-electron chi connectivity index (χ4n) is 2.53. The first kappa shape index (κ1) is 12.0. The Hall–Kier alpha value is -1.43. The zero-order valence-electron chi connectivity index (χ0n) is 10.0. The molecule has 1 aliphatic carbocycles. The van der Waals surface area contributed by atoms with Gasteiger partial charge in [-0.3, -0.25) is 0 Å². The Bertz CT molecular complexity index is 447. The summed E-state index contributed by atoms with van der Waals surface area (Å²) in [7, 11) is 0. The molecule has 3 heteroatoms. The van der Waals surface area contributed by atoms with Crippen molar-refractivity contribution in [3.05, 3.63) is 35.4 Å². The van der Waals surface area contributed by atoms with Gasteiger partial charge in [-0.25, -0.2) is 8.78 Å². The van der Waals surface area contributed by atoms with Crippen LogP contribution in [0.25, 0.3) is 0 Å². The first-order valence-electron chi connectivity index (χ1n) is 5.85. The maximum atomic E-state index is 13.2. The van der Waals surface area contributed by atoms with E-state index in [0.717, 1.165) is 6.07 Å². The first-order valence-corrected chi connectivity index (χ1v) is 5.85. The molecule has 1 saturated carbocycles. The Kier molecular flexibility index (Phi) is 2.91. The van der Waals surface area contributed by atoms with Crippen LogP contribution in [0.1, 0.15) is 32.3 Å². The highest BCUT2D eigenvalue weighted by Crippen LogP contribution is 2.50. The third kappa shape index (κ3) is 2.04.